The van der Waals surface area contributed by atoms with Gasteiger partial charge >= 0.3 is 0 Å². The summed E-state index contributed by atoms with van der Waals surface area (Å²) in [4.78, 5) is 13.4. The van der Waals surface area contributed by atoms with Crippen molar-refractivity contribution < 1.29 is 13.9 Å². The molecule has 4 aromatic rings. The number of halogens is 2. The van der Waals surface area contributed by atoms with Crippen LogP contribution < -0.4 is 10.1 Å². The monoisotopic (exact) mass is 469 g/mol. The molecule has 0 atom stereocenters. The fraction of sp³-hybridized carbons (Fsp3) is 0.167. The minimum absolute atomic E-state index is 0.181. The molecule has 0 fully saturated rings. The summed E-state index contributed by atoms with van der Waals surface area (Å²) in [6.07, 6.45) is 0. The number of rotatable bonds is 7. The van der Waals surface area contributed by atoms with Crippen LogP contribution in [0.4, 0.5) is 10.1 Å². The maximum Gasteiger partial charge on any atom is 0.265 e. The molecule has 2 heterocycles. The van der Waals surface area contributed by atoms with Crippen molar-refractivity contribution in [2.24, 2.45) is 0 Å². The van der Waals surface area contributed by atoms with Crippen LogP contribution in [0.1, 0.15) is 32.2 Å². The molecule has 5 nitrogen and oxygen atoms in total. The number of anilines is 1. The number of amides is 1. The van der Waals surface area contributed by atoms with Crippen LogP contribution in [0, 0.1) is 19.7 Å². The van der Waals surface area contributed by atoms with Gasteiger partial charge in [0.15, 0.2) is 11.6 Å². The second kappa shape index (κ2) is 9.54. The van der Waals surface area contributed by atoms with Crippen LogP contribution in [0.5, 0.6) is 5.75 Å². The van der Waals surface area contributed by atoms with Crippen molar-refractivity contribution in [3.63, 3.8) is 0 Å². The lowest BCUT2D eigenvalue weighted by Gasteiger charge is -2.07. The molecule has 32 heavy (non-hydrogen) atoms. The molecule has 0 aliphatic carbocycles. The molecule has 0 unspecified atom stereocenters. The van der Waals surface area contributed by atoms with Crippen molar-refractivity contribution >= 4 is 34.5 Å². The number of carbonyl (C=O) groups excluding carboxylic acids is 1. The molecular weight excluding hydrogens is 449 g/mol. The van der Waals surface area contributed by atoms with Gasteiger partial charge in [-0.2, -0.15) is 5.10 Å². The van der Waals surface area contributed by atoms with Gasteiger partial charge in [-0.05, 0) is 55.1 Å². The Morgan fingerprint density at radius 1 is 1.16 bits per heavy atom. The number of thiophene rings is 1. The van der Waals surface area contributed by atoms with Gasteiger partial charge in [-0.1, -0.05) is 35.9 Å². The zero-order chi connectivity index (χ0) is 22.7. The Morgan fingerprint density at radius 3 is 2.75 bits per heavy atom. The summed E-state index contributed by atoms with van der Waals surface area (Å²) >= 11 is 7.39. The van der Waals surface area contributed by atoms with Gasteiger partial charge in [0.25, 0.3) is 5.91 Å². The Bertz CT molecular complexity index is 1270. The quantitative estimate of drug-likeness (QED) is 0.349. The first-order valence-electron chi connectivity index (χ1n) is 9.95. The van der Waals surface area contributed by atoms with Gasteiger partial charge in [-0.25, -0.2) is 4.39 Å². The summed E-state index contributed by atoms with van der Waals surface area (Å²) in [5.74, 6) is -0.454. The van der Waals surface area contributed by atoms with E-state index in [4.69, 9.17) is 16.3 Å². The van der Waals surface area contributed by atoms with Crippen LogP contribution >= 0.6 is 22.9 Å². The number of nitrogens with one attached hydrogen (secondary N) is 1. The fourth-order valence-corrected chi connectivity index (χ4v) is 4.31. The van der Waals surface area contributed by atoms with Crippen LogP contribution in [0.3, 0.4) is 0 Å². The molecule has 0 aliphatic rings. The molecule has 1 amide bonds. The number of para-hydroxylation sites is 1. The predicted octanol–water partition coefficient (Wildman–Crippen LogP) is 6.23. The molecule has 164 valence electrons. The van der Waals surface area contributed by atoms with Crippen LogP contribution in [0.15, 0.2) is 60.0 Å². The Balaban J connectivity index is 1.43. The molecule has 0 spiro atoms. The zero-order valence-corrected chi connectivity index (χ0v) is 19.1. The molecular formula is C24H21ClFN3O2S. The summed E-state index contributed by atoms with van der Waals surface area (Å²) in [7, 11) is 0. The molecule has 2 aromatic heterocycles. The third kappa shape index (κ3) is 5.00. The van der Waals surface area contributed by atoms with Gasteiger partial charge < -0.3 is 10.1 Å². The molecule has 4 rings (SSSR count). The number of nitrogens with zero attached hydrogens (tertiary/aromatic N) is 2. The number of hydrogen-bond acceptors (Lipinski definition) is 4. The molecule has 0 radical (unpaired) electrons. The summed E-state index contributed by atoms with van der Waals surface area (Å²) in [6.45, 7) is 4.52. The molecule has 1 N–H and O–H groups in total. The molecule has 0 saturated carbocycles. The first-order chi connectivity index (χ1) is 15.4. The van der Waals surface area contributed by atoms with E-state index in [2.05, 4.69) is 10.4 Å². The van der Waals surface area contributed by atoms with E-state index in [0.29, 0.717) is 22.1 Å². The SMILES string of the molecule is Cc1nn(Cc2cccc(Cl)c2)c(C)c1NC(=O)c1cc(COc2ccccc2F)cs1. The van der Waals surface area contributed by atoms with Crippen LogP contribution in [0.2, 0.25) is 5.02 Å². The van der Waals surface area contributed by atoms with Gasteiger partial charge in [0.2, 0.25) is 0 Å². The maximum absolute atomic E-state index is 13.7. The topological polar surface area (TPSA) is 56.2 Å². The Labute approximate surface area is 194 Å². The highest BCUT2D eigenvalue weighted by molar-refractivity contribution is 7.12. The van der Waals surface area contributed by atoms with E-state index >= 15 is 0 Å². The number of aromatic nitrogens is 2. The molecule has 8 heteroatoms. The Kier molecular flexibility index (Phi) is 6.58. The smallest absolute Gasteiger partial charge is 0.265 e. The first-order valence-corrected chi connectivity index (χ1v) is 11.2. The minimum atomic E-state index is -0.415. The highest BCUT2D eigenvalue weighted by atomic mass is 35.5. The van der Waals surface area contributed by atoms with Gasteiger partial charge in [0, 0.05) is 10.6 Å². The van der Waals surface area contributed by atoms with Gasteiger partial charge in [-0.15, -0.1) is 11.3 Å². The molecule has 0 aliphatic heterocycles. The van der Waals surface area contributed by atoms with Crippen molar-refractivity contribution in [3.05, 3.63) is 98.2 Å². The van der Waals surface area contributed by atoms with E-state index in [9.17, 15) is 9.18 Å². The van der Waals surface area contributed by atoms with Gasteiger partial charge in [-0.3, -0.25) is 9.48 Å². The predicted molar refractivity (Wildman–Crippen MR) is 125 cm³/mol. The maximum atomic E-state index is 13.7. The highest BCUT2D eigenvalue weighted by Gasteiger charge is 2.17. The Hall–Kier alpha value is -3.16. The lowest BCUT2D eigenvalue weighted by atomic mass is 10.2. The number of ether oxygens (including phenoxy) is 1. The summed E-state index contributed by atoms with van der Waals surface area (Å²) in [5, 5.41) is 10.0. The average molecular weight is 470 g/mol. The van der Waals surface area contributed by atoms with Crippen molar-refractivity contribution in [1.82, 2.24) is 9.78 Å². The fourth-order valence-electron chi connectivity index (χ4n) is 3.31. The number of carbonyl (C=O) groups is 1. The van der Waals surface area contributed by atoms with Gasteiger partial charge in [0.1, 0.15) is 6.61 Å². The summed E-state index contributed by atoms with van der Waals surface area (Å²) < 4.78 is 21.1. The third-order valence-electron chi connectivity index (χ3n) is 4.95. The normalized spacial score (nSPS) is 10.9. The number of benzene rings is 2. The second-order valence-electron chi connectivity index (χ2n) is 7.33. The number of aryl methyl sites for hydroxylation is 1. The highest BCUT2D eigenvalue weighted by Crippen LogP contribution is 2.24. The summed E-state index contributed by atoms with van der Waals surface area (Å²) in [5.41, 5.74) is 4.11. The zero-order valence-electron chi connectivity index (χ0n) is 17.6. The lowest BCUT2D eigenvalue weighted by Crippen LogP contribution is -2.12. The number of hydrogen-bond donors (Lipinski definition) is 1. The minimum Gasteiger partial charge on any atom is -0.486 e. The van der Waals surface area contributed by atoms with E-state index < -0.39 is 5.82 Å². The second-order valence-corrected chi connectivity index (χ2v) is 8.67. The van der Waals surface area contributed by atoms with E-state index in [1.54, 1.807) is 24.3 Å². The van der Waals surface area contributed by atoms with E-state index in [1.165, 1.54) is 17.4 Å². The summed E-state index contributed by atoms with van der Waals surface area (Å²) in [6, 6.07) is 15.6. The van der Waals surface area contributed by atoms with E-state index in [1.807, 2.05) is 48.2 Å². The van der Waals surface area contributed by atoms with Gasteiger partial charge in [0.05, 0.1) is 28.5 Å². The average Bonchev–Trinajstić information content (AvgIpc) is 3.34. The van der Waals surface area contributed by atoms with Crippen LogP contribution in [-0.4, -0.2) is 15.7 Å². The third-order valence-corrected chi connectivity index (χ3v) is 6.16. The Morgan fingerprint density at radius 2 is 1.97 bits per heavy atom. The molecule has 2 aromatic carbocycles. The van der Waals surface area contributed by atoms with E-state index in [0.717, 1.165) is 22.5 Å². The van der Waals surface area contributed by atoms with Crippen molar-refractivity contribution in [2.45, 2.75) is 27.0 Å². The lowest BCUT2D eigenvalue weighted by molar-refractivity contribution is 0.103. The van der Waals surface area contributed by atoms with Crippen molar-refractivity contribution in [2.75, 3.05) is 5.32 Å². The first kappa shape index (κ1) is 22.0. The van der Waals surface area contributed by atoms with Crippen molar-refractivity contribution in [3.8, 4) is 5.75 Å². The van der Waals surface area contributed by atoms with Crippen molar-refractivity contribution in [1.29, 1.82) is 0 Å². The molecule has 0 saturated heterocycles. The largest absolute Gasteiger partial charge is 0.486 e. The molecule has 0 bridgehead atoms. The van der Waals surface area contributed by atoms with E-state index in [-0.39, 0.29) is 18.3 Å². The van der Waals surface area contributed by atoms with Crippen LogP contribution in [0.25, 0.3) is 0 Å². The standard InChI is InChI=1S/C24H21ClFN3O2S/c1-15-23(16(2)29(28-15)12-17-6-5-7-19(25)10-17)27-24(30)22-11-18(14-32-22)13-31-21-9-4-3-8-20(21)26/h3-11,14H,12-13H2,1-2H3,(H,27,30). The van der Waals surface area contributed by atoms with Crippen LogP contribution in [-0.2, 0) is 13.2 Å².